The van der Waals surface area contributed by atoms with Crippen LogP contribution in [0.5, 0.6) is 0 Å². The number of benzene rings is 3. The second-order valence-electron chi connectivity index (χ2n) is 7.56. The van der Waals surface area contributed by atoms with Gasteiger partial charge in [-0.25, -0.2) is 0 Å². The Morgan fingerprint density at radius 3 is 1.97 bits per heavy atom. The standard InChI is InChI=1S/C27H26F3NO/c1-2-3-14-24(32)25(21-12-8-5-9-13-21)26(31-19-20-10-6-4-7-11-20)22-15-17-23(18-16-22)27(28,29)30/h4-13,15-18,31H,2-3,14,19H2,1H3/b26-25+. The molecule has 3 rings (SSSR count). The van der Waals surface area contributed by atoms with Crippen molar-refractivity contribution in [3.63, 3.8) is 0 Å². The van der Waals surface area contributed by atoms with Gasteiger partial charge in [-0.05, 0) is 35.2 Å². The number of hydrogen-bond donors (Lipinski definition) is 1. The summed E-state index contributed by atoms with van der Waals surface area (Å²) in [7, 11) is 0. The van der Waals surface area contributed by atoms with Crippen LogP contribution in [0.3, 0.4) is 0 Å². The van der Waals surface area contributed by atoms with Gasteiger partial charge in [-0.2, -0.15) is 13.2 Å². The van der Waals surface area contributed by atoms with Gasteiger partial charge in [-0.3, -0.25) is 4.79 Å². The summed E-state index contributed by atoms with van der Waals surface area (Å²) in [6, 6.07) is 23.9. The van der Waals surface area contributed by atoms with E-state index in [0.29, 0.717) is 29.8 Å². The maximum absolute atomic E-state index is 13.3. The molecule has 0 aliphatic rings. The molecule has 0 aromatic heterocycles. The van der Waals surface area contributed by atoms with E-state index in [1.54, 1.807) is 0 Å². The molecule has 0 aliphatic carbocycles. The van der Waals surface area contributed by atoms with Crippen molar-refractivity contribution in [1.82, 2.24) is 5.32 Å². The maximum atomic E-state index is 13.3. The zero-order valence-corrected chi connectivity index (χ0v) is 18.0. The van der Waals surface area contributed by atoms with Crippen molar-refractivity contribution in [1.29, 1.82) is 0 Å². The Morgan fingerprint density at radius 1 is 0.812 bits per heavy atom. The van der Waals surface area contributed by atoms with E-state index in [-0.39, 0.29) is 5.78 Å². The topological polar surface area (TPSA) is 29.1 Å². The van der Waals surface area contributed by atoms with Gasteiger partial charge in [0.05, 0.1) is 11.3 Å². The van der Waals surface area contributed by atoms with E-state index in [0.717, 1.165) is 36.1 Å². The minimum absolute atomic E-state index is 0.0338. The largest absolute Gasteiger partial charge is 0.416 e. The van der Waals surface area contributed by atoms with E-state index < -0.39 is 11.7 Å². The van der Waals surface area contributed by atoms with Crippen molar-refractivity contribution in [3.8, 4) is 0 Å². The number of alkyl halides is 3. The molecule has 2 nitrogen and oxygen atoms in total. The van der Waals surface area contributed by atoms with Gasteiger partial charge < -0.3 is 5.32 Å². The van der Waals surface area contributed by atoms with Gasteiger partial charge in [0, 0.05) is 18.5 Å². The van der Waals surface area contributed by atoms with E-state index in [9.17, 15) is 18.0 Å². The van der Waals surface area contributed by atoms with Gasteiger partial charge in [-0.15, -0.1) is 0 Å². The molecular weight excluding hydrogens is 411 g/mol. The Morgan fingerprint density at radius 2 is 1.41 bits per heavy atom. The molecule has 0 radical (unpaired) electrons. The first-order valence-electron chi connectivity index (χ1n) is 10.7. The molecule has 166 valence electrons. The van der Waals surface area contributed by atoms with Crippen LogP contribution in [-0.2, 0) is 17.5 Å². The molecule has 0 unspecified atom stereocenters. The van der Waals surface area contributed by atoms with Crippen molar-refractivity contribution >= 4 is 17.1 Å². The van der Waals surface area contributed by atoms with Crippen LogP contribution in [0.25, 0.3) is 11.3 Å². The summed E-state index contributed by atoms with van der Waals surface area (Å²) in [5.41, 5.74) is 2.60. The van der Waals surface area contributed by atoms with E-state index in [1.165, 1.54) is 12.1 Å². The second-order valence-corrected chi connectivity index (χ2v) is 7.56. The molecule has 0 heterocycles. The minimum Gasteiger partial charge on any atom is -0.380 e. The fourth-order valence-corrected chi connectivity index (χ4v) is 3.46. The first-order chi connectivity index (χ1) is 15.4. The number of unbranched alkanes of at least 4 members (excludes halogenated alkanes) is 1. The summed E-state index contributed by atoms with van der Waals surface area (Å²) in [5, 5.41) is 3.34. The number of rotatable bonds is 9. The Labute approximate surface area is 186 Å². The Bertz CT molecular complexity index is 1040. The Balaban J connectivity index is 2.11. The zero-order valence-electron chi connectivity index (χ0n) is 18.0. The molecule has 3 aromatic carbocycles. The number of halogens is 3. The summed E-state index contributed by atoms with van der Waals surface area (Å²) in [6.45, 7) is 2.46. The molecule has 0 aliphatic heterocycles. The normalized spacial score (nSPS) is 12.2. The predicted octanol–water partition coefficient (Wildman–Crippen LogP) is 7.12. The number of nitrogens with one attached hydrogen (secondary N) is 1. The van der Waals surface area contributed by atoms with Gasteiger partial charge in [0.15, 0.2) is 5.78 Å². The average molecular weight is 438 g/mol. The van der Waals surface area contributed by atoms with Crippen molar-refractivity contribution < 1.29 is 18.0 Å². The third kappa shape index (κ3) is 6.10. The van der Waals surface area contributed by atoms with Crippen molar-refractivity contribution in [2.75, 3.05) is 0 Å². The van der Waals surface area contributed by atoms with Crippen molar-refractivity contribution in [3.05, 3.63) is 107 Å². The first-order valence-corrected chi connectivity index (χ1v) is 10.7. The quantitative estimate of drug-likeness (QED) is 0.285. The van der Waals surface area contributed by atoms with Gasteiger partial charge in [0.1, 0.15) is 0 Å². The molecule has 0 saturated heterocycles. The Kier molecular flexibility index (Phi) is 7.87. The molecule has 0 amide bonds. The van der Waals surface area contributed by atoms with Gasteiger partial charge in [0.25, 0.3) is 0 Å². The molecule has 0 atom stereocenters. The molecule has 0 bridgehead atoms. The first kappa shape index (κ1) is 23.3. The van der Waals surface area contributed by atoms with Crippen LogP contribution >= 0.6 is 0 Å². The molecule has 0 fully saturated rings. The van der Waals surface area contributed by atoms with Gasteiger partial charge in [-0.1, -0.05) is 86.1 Å². The number of Topliss-reactive ketones (excluding diaryl/α,β-unsaturated/α-hetero) is 1. The molecule has 32 heavy (non-hydrogen) atoms. The number of carbonyl (C=O) groups excluding carboxylic acids is 1. The van der Waals surface area contributed by atoms with Crippen molar-refractivity contribution in [2.24, 2.45) is 0 Å². The fraction of sp³-hybridized carbons (Fsp3) is 0.222. The van der Waals surface area contributed by atoms with Crippen LogP contribution in [0.2, 0.25) is 0 Å². The maximum Gasteiger partial charge on any atom is 0.416 e. The highest BCUT2D eigenvalue weighted by atomic mass is 19.4. The minimum atomic E-state index is -4.42. The lowest BCUT2D eigenvalue weighted by atomic mass is 9.93. The number of carbonyl (C=O) groups is 1. The summed E-state index contributed by atoms with van der Waals surface area (Å²) in [6.07, 6.45) is -2.42. The van der Waals surface area contributed by atoms with Crippen LogP contribution in [-0.4, -0.2) is 5.78 Å². The van der Waals surface area contributed by atoms with Crippen LogP contribution in [0.1, 0.15) is 48.4 Å². The Hall–Kier alpha value is -3.34. The summed E-state index contributed by atoms with van der Waals surface area (Å²) in [4.78, 5) is 13.3. The summed E-state index contributed by atoms with van der Waals surface area (Å²) in [5.74, 6) is -0.0338. The number of hydrogen-bond acceptors (Lipinski definition) is 2. The SMILES string of the molecule is CCCCC(=O)/C(=C(/NCc1ccccc1)c1ccc(C(F)(F)F)cc1)c1ccccc1. The van der Waals surface area contributed by atoms with Crippen molar-refractivity contribution in [2.45, 2.75) is 38.9 Å². The van der Waals surface area contributed by atoms with Crippen LogP contribution in [0, 0.1) is 0 Å². The lowest BCUT2D eigenvalue weighted by molar-refractivity contribution is -0.137. The van der Waals surface area contributed by atoms with Gasteiger partial charge in [0.2, 0.25) is 0 Å². The summed E-state index contributed by atoms with van der Waals surface area (Å²) >= 11 is 0. The van der Waals surface area contributed by atoms with E-state index in [2.05, 4.69) is 5.32 Å². The van der Waals surface area contributed by atoms with Crippen LogP contribution in [0.15, 0.2) is 84.9 Å². The molecule has 1 N–H and O–H groups in total. The predicted molar refractivity (Wildman–Crippen MR) is 123 cm³/mol. The third-order valence-electron chi connectivity index (χ3n) is 5.16. The highest BCUT2D eigenvalue weighted by Crippen LogP contribution is 2.32. The monoisotopic (exact) mass is 437 g/mol. The van der Waals surface area contributed by atoms with E-state index in [4.69, 9.17) is 0 Å². The van der Waals surface area contributed by atoms with Gasteiger partial charge >= 0.3 is 6.18 Å². The highest BCUT2D eigenvalue weighted by molar-refractivity contribution is 6.27. The fourth-order valence-electron chi connectivity index (χ4n) is 3.46. The molecular formula is C27H26F3NO. The lowest BCUT2D eigenvalue weighted by Crippen LogP contribution is -2.17. The number of allylic oxidation sites excluding steroid dienone is 1. The summed E-state index contributed by atoms with van der Waals surface area (Å²) < 4.78 is 39.3. The smallest absolute Gasteiger partial charge is 0.380 e. The van der Waals surface area contributed by atoms with E-state index in [1.807, 2.05) is 67.6 Å². The van der Waals surface area contributed by atoms with Crippen LogP contribution in [0.4, 0.5) is 13.2 Å². The van der Waals surface area contributed by atoms with Crippen LogP contribution < -0.4 is 5.32 Å². The zero-order chi connectivity index (χ0) is 23.0. The molecule has 5 heteroatoms. The van der Waals surface area contributed by atoms with E-state index >= 15 is 0 Å². The lowest BCUT2D eigenvalue weighted by Gasteiger charge is -2.19. The molecule has 0 saturated carbocycles. The molecule has 0 spiro atoms. The number of ketones is 1. The highest BCUT2D eigenvalue weighted by Gasteiger charge is 2.30. The third-order valence-corrected chi connectivity index (χ3v) is 5.16. The second kappa shape index (κ2) is 10.8. The average Bonchev–Trinajstić information content (AvgIpc) is 2.81. The molecule has 3 aromatic rings.